The Balaban J connectivity index is 1.10. The van der Waals surface area contributed by atoms with Crippen LogP contribution in [0.1, 0.15) is 47.6 Å². The zero-order valence-corrected chi connectivity index (χ0v) is 43.0. The molecule has 0 N–H and O–H groups in total. The van der Waals surface area contributed by atoms with Crippen molar-refractivity contribution in [1.82, 2.24) is 0 Å². The van der Waals surface area contributed by atoms with Crippen LogP contribution >= 0.6 is 0 Å². The van der Waals surface area contributed by atoms with Crippen LogP contribution in [0.15, 0.2) is 221 Å². The summed E-state index contributed by atoms with van der Waals surface area (Å²) < 4.78 is 14.7. The molecule has 14 rings (SSSR count). The summed E-state index contributed by atoms with van der Waals surface area (Å²) in [5, 5.41) is 11.5. The second-order valence-corrected chi connectivity index (χ2v) is 20.8. The first kappa shape index (κ1) is 44.6. The number of nitrogens with zero attached hydrogens (tertiary/aromatic N) is 2. The first-order chi connectivity index (χ1) is 36.7. The fourth-order valence-corrected chi connectivity index (χ4v) is 12.4. The summed E-state index contributed by atoms with van der Waals surface area (Å²) in [5.74, 6) is 0.374. The van der Waals surface area contributed by atoms with Crippen LogP contribution in [0.25, 0.3) is 98.4 Å². The summed E-state index contributed by atoms with van der Waals surface area (Å²) in [6.45, 7) is 13.3. The third-order valence-electron chi connectivity index (χ3n) is 15.9. The highest BCUT2D eigenvalue weighted by molar-refractivity contribution is 6.30. The van der Waals surface area contributed by atoms with Crippen LogP contribution in [0.4, 0.5) is 34.1 Å². The summed E-state index contributed by atoms with van der Waals surface area (Å²) in [7, 11) is 0. The van der Waals surface area contributed by atoms with Gasteiger partial charge in [0.25, 0.3) is 0 Å². The van der Waals surface area contributed by atoms with Crippen molar-refractivity contribution in [2.45, 2.75) is 47.5 Å². The smallest absolute Gasteiger partial charge is 0.159 e. The van der Waals surface area contributed by atoms with Crippen LogP contribution in [-0.2, 0) is 0 Å². The highest BCUT2D eigenvalue weighted by Crippen LogP contribution is 2.54. The van der Waals surface area contributed by atoms with Gasteiger partial charge in [-0.05, 0) is 131 Å². The maximum Gasteiger partial charge on any atom is 0.159 e. The summed E-state index contributed by atoms with van der Waals surface area (Å²) >= 11 is 0. The lowest BCUT2D eigenvalue weighted by atomic mass is 9.88. The molecule has 12 aromatic carbocycles. The molecule has 0 saturated carbocycles. The largest absolute Gasteiger partial charge is 0.453 e. The molecule has 0 saturated heterocycles. The Kier molecular flexibility index (Phi) is 10.3. The van der Waals surface area contributed by atoms with E-state index in [2.05, 4.69) is 264 Å². The van der Waals surface area contributed by atoms with E-state index in [1.54, 1.807) is 0 Å². The van der Waals surface area contributed by atoms with Gasteiger partial charge in [-0.3, -0.25) is 0 Å². The van der Waals surface area contributed by atoms with Crippen LogP contribution < -0.4 is 9.80 Å². The monoisotopic (exact) mass is 966 g/mol. The topological polar surface area (TPSA) is 32.8 Å². The van der Waals surface area contributed by atoms with Crippen LogP contribution in [0.2, 0.25) is 0 Å². The Bertz CT molecular complexity index is 4240. The Morgan fingerprint density at radius 3 is 1.12 bits per heavy atom. The molecule has 2 aromatic heterocycles. The molecule has 0 radical (unpaired) electrons. The molecule has 360 valence electrons. The molecule has 0 atom stereocenters. The summed E-state index contributed by atoms with van der Waals surface area (Å²) in [4.78, 5) is 4.86. The lowest BCUT2D eigenvalue weighted by molar-refractivity contribution is 0.670. The molecule has 0 spiro atoms. The van der Waals surface area contributed by atoms with Crippen molar-refractivity contribution in [2.24, 2.45) is 0 Å². The van der Waals surface area contributed by atoms with E-state index in [0.29, 0.717) is 5.92 Å². The Hall–Kier alpha value is -9.12. The van der Waals surface area contributed by atoms with Crippen molar-refractivity contribution in [3.8, 4) is 22.3 Å². The first-order valence-electron chi connectivity index (χ1n) is 26.2. The van der Waals surface area contributed by atoms with Crippen molar-refractivity contribution >= 4 is 110 Å². The second-order valence-electron chi connectivity index (χ2n) is 20.8. The average molecular weight is 967 g/mol. The molecule has 0 fully saturated rings. The van der Waals surface area contributed by atoms with Gasteiger partial charge in [0.2, 0.25) is 0 Å². The summed E-state index contributed by atoms with van der Waals surface area (Å²) in [6, 6.07) is 77.6. The number of furan rings is 2. The van der Waals surface area contributed by atoms with Crippen LogP contribution in [-0.4, -0.2) is 0 Å². The minimum Gasteiger partial charge on any atom is -0.453 e. The molecular formula is C71H54N2O2. The number of anilines is 6. The maximum atomic E-state index is 7.35. The molecule has 4 nitrogen and oxygen atoms in total. The molecule has 0 unspecified atom stereocenters. The fourth-order valence-electron chi connectivity index (χ4n) is 12.4. The van der Waals surface area contributed by atoms with Gasteiger partial charge in [-0.1, -0.05) is 184 Å². The molecule has 0 aliphatic heterocycles. The van der Waals surface area contributed by atoms with Gasteiger partial charge in [0.15, 0.2) is 11.2 Å². The molecule has 75 heavy (non-hydrogen) atoms. The number of rotatable bonds is 9. The lowest BCUT2D eigenvalue weighted by Gasteiger charge is -2.32. The molecule has 0 aliphatic rings. The molecule has 4 heteroatoms. The number of para-hydroxylation sites is 6. The van der Waals surface area contributed by atoms with E-state index in [4.69, 9.17) is 8.83 Å². The van der Waals surface area contributed by atoms with Crippen molar-refractivity contribution < 1.29 is 8.83 Å². The number of benzene rings is 12. The Labute approximate surface area is 436 Å². The van der Waals surface area contributed by atoms with Crippen molar-refractivity contribution in [1.29, 1.82) is 0 Å². The second kappa shape index (κ2) is 17.3. The fraction of sp³-hybridized carbons (Fsp3) is 0.0986. The van der Waals surface area contributed by atoms with Crippen molar-refractivity contribution in [3.63, 3.8) is 0 Å². The SMILES string of the molecule is Cc1cccc(C)c1-c1cccc2c1oc1c(N(c3ccccc3)c3cc(N(c4ccccc4)c4cccc5c4oc4c(-c6c(C)cccc6C)cccc45)c4ccc5cc(C(C)C)cc6ccc3c4c65)cccc12. The molecule has 0 bridgehead atoms. The van der Waals surface area contributed by atoms with Gasteiger partial charge in [0, 0.05) is 60.2 Å². The Morgan fingerprint density at radius 1 is 0.320 bits per heavy atom. The van der Waals surface area contributed by atoms with Gasteiger partial charge >= 0.3 is 0 Å². The normalized spacial score (nSPS) is 12.0. The van der Waals surface area contributed by atoms with Crippen molar-refractivity contribution in [2.75, 3.05) is 9.80 Å². The van der Waals surface area contributed by atoms with Gasteiger partial charge in [0.05, 0.1) is 22.7 Å². The van der Waals surface area contributed by atoms with E-state index in [1.165, 1.54) is 60.5 Å². The molecular weight excluding hydrogens is 913 g/mol. The summed E-state index contributed by atoms with van der Waals surface area (Å²) in [5.41, 5.74) is 20.3. The number of aryl methyl sites for hydroxylation is 4. The standard InChI is InChI=1S/C71H54N2O2/c1-42(2)49-39-47-35-37-56-62(72(50-23-9-7-10-24-50)60-33-17-29-54-52-27-15-31-58(68(52)74-70(54)60)64-43(3)19-13-20-44(64)4)41-63(57-38-36-48(40-49)66(47)67(56)57)73(51-25-11-8-12-26-51)61-34-18-30-55-53-28-16-32-59(69(53)75-71(55)61)65-45(5)21-14-22-46(65)6/h7-42H,1-6H3. The van der Waals surface area contributed by atoms with Gasteiger partial charge in [-0.25, -0.2) is 0 Å². The lowest BCUT2D eigenvalue weighted by Crippen LogP contribution is -2.15. The van der Waals surface area contributed by atoms with E-state index in [9.17, 15) is 0 Å². The first-order valence-corrected chi connectivity index (χ1v) is 26.2. The predicted octanol–water partition coefficient (Wildman–Crippen LogP) is 21.0. The quantitative estimate of drug-likeness (QED) is 0.135. The van der Waals surface area contributed by atoms with E-state index < -0.39 is 0 Å². The van der Waals surface area contributed by atoms with Crippen LogP contribution in [0.5, 0.6) is 0 Å². The highest BCUT2D eigenvalue weighted by Gasteiger charge is 2.29. The number of fused-ring (bicyclic) bond motifs is 6. The van der Waals surface area contributed by atoms with E-state index >= 15 is 0 Å². The van der Waals surface area contributed by atoms with Gasteiger partial charge in [0.1, 0.15) is 11.2 Å². The van der Waals surface area contributed by atoms with E-state index in [0.717, 1.165) is 99.9 Å². The zero-order valence-electron chi connectivity index (χ0n) is 43.0. The summed E-state index contributed by atoms with van der Waals surface area (Å²) in [6.07, 6.45) is 0. The van der Waals surface area contributed by atoms with Gasteiger partial charge in [-0.15, -0.1) is 0 Å². The third kappa shape index (κ3) is 6.90. The van der Waals surface area contributed by atoms with Crippen LogP contribution in [0, 0.1) is 27.7 Å². The molecule has 2 heterocycles. The minimum absolute atomic E-state index is 0.374. The van der Waals surface area contributed by atoms with Gasteiger partial charge in [-0.2, -0.15) is 0 Å². The number of hydrogen-bond acceptors (Lipinski definition) is 4. The van der Waals surface area contributed by atoms with E-state index in [1.807, 2.05) is 0 Å². The van der Waals surface area contributed by atoms with Crippen LogP contribution in [0.3, 0.4) is 0 Å². The molecule has 0 aliphatic carbocycles. The number of hydrogen-bond donors (Lipinski definition) is 0. The highest BCUT2D eigenvalue weighted by atomic mass is 16.3. The van der Waals surface area contributed by atoms with E-state index in [-0.39, 0.29) is 0 Å². The minimum atomic E-state index is 0.374. The Morgan fingerprint density at radius 2 is 0.707 bits per heavy atom. The third-order valence-corrected chi connectivity index (χ3v) is 15.9. The molecule has 14 aromatic rings. The molecule has 0 amide bonds. The average Bonchev–Trinajstić information content (AvgIpc) is 4.08. The van der Waals surface area contributed by atoms with Gasteiger partial charge < -0.3 is 18.6 Å². The maximum absolute atomic E-state index is 7.35. The predicted molar refractivity (Wildman–Crippen MR) is 318 cm³/mol. The zero-order chi connectivity index (χ0) is 50.6. The van der Waals surface area contributed by atoms with Crippen molar-refractivity contribution in [3.05, 3.63) is 240 Å².